The Kier molecular flexibility index (Phi) is 4.29. The van der Waals surface area contributed by atoms with E-state index >= 15 is 0 Å². The molecule has 0 radical (unpaired) electrons. The van der Waals surface area contributed by atoms with E-state index in [1.54, 1.807) is 0 Å². The molecule has 1 heterocycles. The van der Waals surface area contributed by atoms with Gasteiger partial charge in [0.25, 0.3) is 0 Å². The Balaban J connectivity index is 2.36. The molecule has 1 rings (SSSR count). The third kappa shape index (κ3) is 2.59. The van der Waals surface area contributed by atoms with Crippen LogP contribution in [0.15, 0.2) is 12.2 Å². The van der Waals surface area contributed by atoms with E-state index in [-0.39, 0.29) is 0 Å². The molecule has 1 atom stereocenters. The summed E-state index contributed by atoms with van der Waals surface area (Å²) < 4.78 is 5.34. The second-order valence-corrected chi connectivity index (χ2v) is 3.03. The van der Waals surface area contributed by atoms with Crippen LogP contribution in [0.2, 0.25) is 0 Å². The molecule has 0 aromatic rings. The van der Waals surface area contributed by atoms with Gasteiger partial charge in [-0.05, 0) is 6.92 Å². The largest absolute Gasteiger partial charge is 0.378 e. The first-order valence-corrected chi connectivity index (χ1v) is 4.51. The molecule has 0 bridgehead atoms. The molecule has 1 aliphatic heterocycles. The predicted molar refractivity (Wildman–Crippen MR) is 50.0 cm³/mol. The summed E-state index contributed by atoms with van der Waals surface area (Å²) in [6, 6.07) is 0.412. The molecule has 1 unspecified atom stereocenters. The van der Waals surface area contributed by atoms with Crippen molar-refractivity contribution in [2.24, 2.45) is 5.73 Å². The number of rotatable bonds is 3. The SMILES string of the molecule is C/C=C/CN1CCOCC1CN. The molecule has 1 fully saturated rings. The monoisotopic (exact) mass is 170 g/mol. The number of ether oxygens (including phenoxy) is 1. The van der Waals surface area contributed by atoms with E-state index in [1.165, 1.54) is 0 Å². The Morgan fingerprint density at radius 1 is 1.67 bits per heavy atom. The number of nitrogens with two attached hydrogens (primary N) is 1. The molecule has 1 aliphatic rings. The van der Waals surface area contributed by atoms with Crippen LogP contribution in [-0.2, 0) is 4.74 Å². The molecule has 2 N–H and O–H groups in total. The molecule has 12 heavy (non-hydrogen) atoms. The first-order chi connectivity index (χ1) is 5.88. The van der Waals surface area contributed by atoms with Gasteiger partial charge in [0.2, 0.25) is 0 Å². The summed E-state index contributed by atoms with van der Waals surface area (Å²) in [7, 11) is 0. The smallest absolute Gasteiger partial charge is 0.0634 e. The van der Waals surface area contributed by atoms with Crippen LogP contribution in [0.5, 0.6) is 0 Å². The van der Waals surface area contributed by atoms with Crippen LogP contribution in [0.1, 0.15) is 6.92 Å². The quantitative estimate of drug-likeness (QED) is 0.616. The summed E-state index contributed by atoms with van der Waals surface area (Å²) in [5, 5.41) is 0. The maximum absolute atomic E-state index is 5.62. The fourth-order valence-electron chi connectivity index (χ4n) is 1.39. The van der Waals surface area contributed by atoms with E-state index in [9.17, 15) is 0 Å². The molecule has 0 saturated carbocycles. The van der Waals surface area contributed by atoms with E-state index < -0.39 is 0 Å². The Labute approximate surface area is 74.2 Å². The van der Waals surface area contributed by atoms with E-state index in [1.807, 2.05) is 6.92 Å². The van der Waals surface area contributed by atoms with Crippen molar-refractivity contribution in [1.82, 2.24) is 4.90 Å². The molecular weight excluding hydrogens is 152 g/mol. The number of morpholine rings is 1. The lowest BCUT2D eigenvalue weighted by Crippen LogP contribution is -2.49. The zero-order chi connectivity index (χ0) is 8.81. The molecule has 0 spiro atoms. The van der Waals surface area contributed by atoms with Crippen LogP contribution in [0.25, 0.3) is 0 Å². The van der Waals surface area contributed by atoms with Crippen molar-refractivity contribution in [3.63, 3.8) is 0 Å². The van der Waals surface area contributed by atoms with Gasteiger partial charge in [-0.15, -0.1) is 0 Å². The van der Waals surface area contributed by atoms with Gasteiger partial charge < -0.3 is 10.5 Å². The molecule has 1 saturated heterocycles. The topological polar surface area (TPSA) is 38.5 Å². The van der Waals surface area contributed by atoms with Crippen LogP contribution >= 0.6 is 0 Å². The minimum absolute atomic E-state index is 0.412. The van der Waals surface area contributed by atoms with Gasteiger partial charge in [-0.3, -0.25) is 4.90 Å². The maximum atomic E-state index is 5.62. The molecule has 0 amide bonds. The molecule has 3 heteroatoms. The average Bonchev–Trinajstić information content (AvgIpc) is 2.15. The molecule has 0 aromatic carbocycles. The third-order valence-corrected chi connectivity index (χ3v) is 2.20. The van der Waals surface area contributed by atoms with Gasteiger partial charge in [-0.25, -0.2) is 0 Å². The maximum Gasteiger partial charge on any atom is 0.0634 e. The van der Waals surface area contributed by atoms with Crippen LogP contribution in [0, 0.1) is 0 Å². The predicted octanol–water partition coefficient (Wildman–Crippen LogP) is 0.222. The first kappa shape index (κ1) is 9.71. The van der Waals surface area contributed by atoms with E-state index in [4.69, 9.17) is 10.5 Å². The van der Waals surface area contributed by atoms with Crippen molar-refractivity contribution in [3.8, 4) is 0 Å². The van der Waals surface area contributed by atoms with Crippen LogP contribution in [0.3, 0.4) is 0 Å². The lowest BCUT2D eigenvalue weighted by Gasteiger charge is -2.33. The van der Waals surface area contributed by atoms with E-state index in [0.29, 0.717) is 12.6 Å². The van der Waals surface area contributed by atoms with E-state index in [0.717, 1.165) is 26.3 Å². The third-order valence-electron chi connectivity index (χ3n) is 2.20. The van der Waals surface area contributed by atoms with Crippen molar-refractivity contribution in [1.29, 1.82) is 0 Å². The highest BCUT2D eigenvalue weighted by atomic mass is 16.5. The van der Waals surface area contributed by atoms with Crippen molar-refractivity contribution >= 4 is 0 Å². The lowest BCUT2D eigenvalue weighted by atomic mass is 10.2. The van der Waals surface area contributed by atoms with Gasteiger partial charge in [0.05, 0.1) is 13.2 Å². The molecule has 3 nitrogen and oxygen atoms in total. The van der Waals surface area contributed by atoms with Crippen molar-refractivity contribution in [3.05, 3.63) is 12.2 Å². The fraction of sp³-hybridized carbons (Fsp3) is 0.778. The molecular formula is C9H18N2O. The standard InChI is InChI=1S/C9H18N2O/c1-2-3-4-11-5-6-12-8-9(11)7-10/h2-3,9H,4-8,10H2,1H3/b3-2+. The number of nitrogens with zero attached hydrogens (tertiary/aromatic N) is 1. The van der Waals surface area contributed by atoms with Crippen LogP contribution in [-0.4, -0.2) is 43.8 Å². The van der Waals surface area contributed by atoms with Gasteiger partial charge in [0.1, 0.15) is 0 Å². The summed E-state index contributed by atoms with van der Waals surface area (Å²) in [6.45, 7) is 6.37. The minimum Gasteiger partial charge on any atom is -0.378 e. The summed E-state index contributed by atoms with van der Waals surface area (Å²) in [6.07, 6.45) is 4.23. The fourth-order valence-corrected chi connectivity index (χ4v) is 1.39. The number of allylic oxidation sites excluding steroid dienone is 1. The number of hydrogen-bond donors (Lipinski definition) is 1. The highest BCUT2D eigenvalue weighted by molar-refractivity contribution is 4.86. The summed E-state index contributed by atoms with van der Waals surface area (Å²) in [4.78, 5) is 2.36. The second kappa shape index (κ2) is 5.30. The average molecular weight is 170 g/mol. The molecule has 0 aliphatic carbocycles. The first-order valence-electron chi connectivity index (χ1n) is 4.51. The second-order valence-electron chi connectivity index (χ2n) is 3.03. The van der Waals surface area contributed by atoms with Gasteiger partial charge in [0.15, 0.2) is 0 Å². The number of hydrogen-bond acceptors (Lipinski definition) is 3. The Morgan fingerprint density at radius 3 is 3.17 bits per heavy atom. The van der Waals surface area contributed by atoms with Crippen LogP contribution in [0.4, 0.5) is 0 Å². The highest BCUT2D eigenvalue weighted by Crippen LogP contribution is 2.04. The molecule has 70 valence electrons. The van der Waals surface area contributed by atoms with Crippen LogP contribution < -0.4 is 5.73 Å². The van der Waals surface area contributed by atoms with E-state index in [2.05, 4.69) is 17.1 Å². The van der Waals surface area contributed by atoms with Crippen molar-refractivity contribution < 1.29 is 4.74 Å². The van der Waals surface area contributed by atoms with Crippen molar-refractivity contribution in [2.75, 3.05) is 32.8 Å². The summed E-state index contributed by atoms with van der Waals surface area (Å²) >= 11 is 0. The molecule has 0 aromatic heterocycles. The van der Waals surface area contributed by atoms with Crippen molar-refractivity contribution in [2.45, 2.75) is 13.0 Å². The Morgan fingerprint density at radius 2 is 2.50 bits per heavy atom. The van der Waals surface area contributed by atoms with Gasteiger partial charge in [-0.2, -0.15) is 0 Å². The van der Waals surface area contributed by atoms with Gasteiger partial charge in [-0.1, -0.05) is 12.2 Å². The van der Waals surface area contributed by atoms with Gasteiger partial charge >= 0.3 is 0 Å². The zero-order valence-electron chi connectivity index (χ0n) is 7.70. The summed E-state index contributed by atoms with van der Waals surface area (Å²) in [5.74, 6) is 0. The Hall–Kier alpha value is -0.380. The van der Waals surface area contributed by atoms with Gasteiger partial charge in [0, 0.05) is 25.7 Å². The Bertz CT molecular complexity index is 147. The minimum atomic E-state index is 0.412. The summed E-state index contributed by atoms with van der Waals surface area (Å²) in [5.41, 5.74) is 5.62. The lowest BCUT2D eigenvalue weighted by molar-refractivity contribution is 0.00198. The zero-order valence-corrected chi connectivity index (χ0v) is 7.70. The normalized spacial score (nSPS) is 26.7. The highest BCUT2D eigenvalue weighted by Gasteiger charge is 2.19.